The normalized spacial score (nSPS) is 12.7. The Morgan fingerprint density at radius 3 is 2.55 bits per heavy atom. The number of carbonyl (C=O) groups excluding carboxylic acids is 1. The number of rotatable bonds is 7. The quantitative estimate of drug-likeness (QED) is 0.761. The maximum absolute atomic E-state index is 12.2. The molecule has 0 radical (unpaired) electrons. The lowest BCUT2D eigenvalue weighted by atomic mass is 10.0. The highest BCUT2D eigenvalue weighted by molar-refractivity contribution is 7.71. The molecule has 0 fully saturated rings. The van der Waals surface area contributed by atoms with Gasteiger partial charge in [0.25, 0.3) is 5.91 Å². The number of nitrogens with one attached hydrogen (secondary N) is 2. The van der Waals surface area contributed by atoms with E-state index >= 15 is 0 Å². The zero-order valence-corrected chi connectivity index (χ0v) is 13.6. The Kier molecular flexibility index (Phi) is 6.88. The monoisotopic (exact) mass is 295 g/mol. The third kappa shape index (κ3) is 4.42. The molecule has 1 aromatic heterocycles. The lowest BCUT2D eigenvalue weighted by Crippen LogP contribution is -2.46. The minimum Gasteiger partial charge on any atom is -0.352 e. The summed E-state index contributed by atoms with van der Waals surface area (Å²) in [6.45, 7) is 11.3. The van der Waals surface area contributed by atoms with E-state index in [9.17, 15) is 4.79 Å². The van der Waals surface area contributed by atoms with Gasteiger partial charge in [-0.3, -0.25) is 9.69 Å². The van der Waals surface area contributed by atoms with Crippen LogP contribution in [0.3, 0.4) is 0 Å². The zero-order valence-electron chi connectivity index (χ0n) is 12.8. The number of pyridine rings is 1. The van der Waals surface area contributed by atoms with E-state index in [2.05, 4.69) is 42.9 Å². The minimum atomic E-state index is -0.107. The molecular weight excluding hydrogens is 270 g/mol. The second-order valence-electron chi connectivity index (χ2n) is 5.16. The van der Waals surface area contributed by atoms with E-state index in [1.54, 1.807) is 18.3 Å². The molecule has 112 valence electrons. The number of nitrogens with zero attached hydrogens (tertiary/aromatic N) is 1. The maximum atomic E-state index is 12.2. The molecule has 4 nitrogen and oxygen atoms in total. The van der Waals surface area contributed by atoms with Crippen molar-refractivity contribution in [3.8, 4) is 0 Å². The largest absolute Gasteiger partial charge is 0.352 e. The number of likely N-dealkylation sites (N-methyl/N-ethyl adjacent to an activating group) is 1. The van der Waals surface area contributed by atoms with Crippen LogP contribution in [0.1, 0.15) is 38.1 Å². The first-order valence-electron chi connectivity index (χ1n) is 7.21. The van der Waals surface area contributed by atoms with E-state index in [0.29, 0.717) is 28.7 Å². The van der Waals surface area contributed by atoms with Gasteiger partial charge in [-0.15, -0.1) is 0 Å². The van der Waals surface area contributed by atoms with Gasteiger partial charge in [-0.1, -0.05) is 39.9 Å². The second kappa shape index (κ2) is 8.17. The number of hydrogen-bond acceptors (Lipinski definition) is 3. The first-order chi connectivity index (χ1) is 9.51. The van der Waals surface area contributed by atoms with E-state index in [-0.39, 0.29) is 5.91 Å². The summed E-state index contributed by atoms with van der Waals surface area (Å²) in [5, 5.41) is 3.00. The molecule has 1 unspecified atom stereocenters. The Morgan fingerprint density at radius 1 is 1.40 bits per heavy atom. The van der Waals surface area contributed by atoms with Crippen molar-refractivity contribution < 1.29 is 4.79 Å². The molecule has 1 aromatic rings. The van der Waals surface area contributed by atoms with Crippen LogP contribution < -0.4 is 5.32 Å². The average molecular weight is 295 g/mol. The smallest absolute Gasteiger partial charge is 0.254 e. The van der Waals surface area contributed by atoms with Gasteiger partial charge >= 0.3 is 0 Å². The summed E-state index contributed by atoms with van der Waals surface area (Å²) >= 11 is 5.13. The molecule has 0 saturated carbocycles. The van der Waals surface area contributed by atoms with Crippen molar-refractivity contribution in [2.75, 3.05) is 19.6 Å². The highest BCUT2D eigenvalue weighted by Crippen LogP contribution is 2.10. The molecule has 1 rings (SSSR count). The van der Waals surface area contributed by atoms with Crippen LogP contribution in [0, 0.1) is 10.6 Å². The molecule has 0 bridgehead atoms. The van der Waals surface area contributed by atoms with Crippen LogP contribution in [0.25, 0.3) is 0 Å². The zero-order chi connectivity index (χ0) is 15.1. The number of aromatic amines is 1. The third-order valence-corrected chi connectivity index (χ3v) is 3.92. The van der Waals surface area contributed by atoms with Crippen LogP contribution in [0.15, 0.2) is 18.3 Å². The molecule has 0 aliphatic heterocycles. The molecule has 0 aliphatic rings. The van der Waals surface area contributed by atoms with E-state index < -0.39 is 0 Å². The number of aromatic nitrogens is 1. The summed E-state index contributed by atoms with van der Waals surface area (Å²) in [5.74, 6) is 0.380. The second-order valence-corrected chi connectivity index (χ2v) is 5.56. The molecule has 5 heteroatoms. The van der Waals surface area contributed by atoms with Gasteiger partial charge in [0, 0.05) is 18.8 Å². The fourth-order valence-corrected chi connectivity index (χ4v) is 2.60. The van der Waals surface area contributed by atoms with Crippen LogP contribution in [0.2, 0.25) is 0 Å². The van der Waals surface area contributed by atoms with E-state index in [4.69, 9.17) is 12.2 Å². The van der Waals surface area contributed by atoms with E-state index in [1.807, 2.05) is 0 Å². The topological polar surface area (TPSA) is 48.1 Å². The van der Waals surface area contributed by atoms with Crippen molar-refractivity contribution in [3.05, 3.63) is 28.5 Å². The Morgan fingerprint density at radius 2 is 2.05 bits per heavy atom. The summed E-state index contributed by atoms with van der Waals surface area (Å²) < 4.78 is 0.480. The van der Waals surface area contributed by atoms with Gasteiger partial charge in [0.05, 0.1) is 5.56 Å². The fraction of sp³-hybridized carbons (Fsp3) is 0.600. The molecule has 20 heavy (non-hydrogen) atoms. The number of H-pyrrole nitrogens is 1. The maximum Gasteiger partial charge on any atom is 0.254 e. The standard InChI is InChI=1S/C15H25N3OS/c1-5-18(6-2)13(11(3)4)10-17-14(19)12-8-7-9-16-15(12)20/h7-9,11,13H,5-6,10H2,1-4H3,(H,16,20)(H,17,19). The van der Waals surface area contributed by atoms with E-state index in [0.717, 1.165) is 13.1 Å². The van der Waals surface area contributed by atoms with Gasteiger partial charge in [0.15, 0.2) is 0 Å². The highest BCUT2D eigenvalue weighted by atomic mass is 32.1. The molecule has 2 N–H and O–H groups in total. The summed E-state index contributed by atoms with van der Waals surface area (Å²) in [4.78, 5) is 17.4. The summed E-state index contributed by atoms with van der Waals surface area (Å²) in [6.07, 6.45) is 1.73. The van der Waals surface area contributed by atoms with Crippen molar-refractivity contribution in [1.82, 2.24) is 15.2 Å². The number of amides is 1. The molecule has 1 heterocycles. The van der Waals surface area contributed by atoms with Crippen molar-refractivity contribution in [1.29, 1.82) is 0 Å². The number of hydrogen-bond donors (Lipinski definition) is 2. The van der Waals surface area contributed by atoms with Gasteiger partial charge in [-0.05, 0) is 31.1 Å². The Hall–Kier alpha value is -1.20. The molecular formula is C15H25N3OS. The van der Waals surface area contributed by atoms with Crippen LogP contribution in [-0.2, 0) is 0 Å². The van der Waals surface area contributed by atoms with Gasteiger partial charge in [0.2, 0.25) is 0 Å². The van der Waals surface area contributed by atoms with Crippen LogP contribution >= 0.6 is 12.2 Å². The van der Waals surface area contributed by atoms with Crippen molar-refractivity contribution in [2.45, 2.75) is 33.7 Å². The predicted octanol–water partition coefficient (Wildman–Crippen LogP) is 2.84. The fourth-order valence-electron chi connectivity index (χ4n) is 2.37. The molecule has 0 aromatic carbocycles. The molecule has 0 spiro atoms. The van der Waals surface area contributed by atoms with Gasteiger partial charge in [0.1, 0.15) is 4.64 Å². The lowest BCUT2D eigenvalue weighted by Gasteiger charge is -2.32. The molecule has 1 amide bonds. The molecule has 1 atom stereocenters. The van der Waals surface area contributed by atoms with Crippen molar-refractivity contribution in [2.24, 2.45) is 5.92 Å². The summed E-state index contributed by atoms with van der Waals surface area (Å²) in [5.41, 5.74) is 0.532. The summed E-state index contributed by atoms with van der Waals surface area (Å²) in [6, 6.07) is 3.88. The SMILES string of the molecule is CCN(CC)C(CNC(=O)c1ccc[nH]c1=S)C(C)C. The Bertz CT molecular complexity index is 480. The van der Waals surface area contributed by atoms with Gasteiger partial charge in [-0.2, -0.15) is 0 Å². The molecule has 0 saturated heterocycles. The molecule has 0 aliphatic carbocycles. The first kappa shape index (κ1) is 16.9. The third-order valence-electron chi connectivity index (χ3n) is 3.59. The Balaban J connectivity index is 2.71. The van der Waals surface area contributed by atoms with Crippen LogP contribution in [0.5, 0.6) is 0 Å². The van der Waals surface area contributed by atoms with Crippen LogP contribution in [0.4, 0.5) is 0 Å². The van der Waals surface area contributed by atoms with E-state index in [1.165, 1.54) is 0 Å². The van der Waals surface area contributed by atoms with Crippen molar-refractivity contribution >= 4 is 18.1 Å². The highest BCUT2D eigenvalue weighted by Gasteiger charge is 2.20. The predicted molar refractivity (Wildman–Crippen MR) is 85.5 cm³/mol. The Labute approximate surface area is 126 Å². The lowest BCUT2D eigenvalue weighted by molar-refractivity contribution is 0.0920. The number of carbonyl (C=O) groups is 1. The van der Waals surface area contributed by atoms with Crippen LogP contribution in [-0.4, -0.2) is 41.5 Å². The van der Waals surface area contributed by atoms with Gasteiger partial charge in [-0.25, -0.2) is 0 Å². The first-order valence-corrected chi connectivity index (χ1v) is 7.62. The summed E-state index contributed by atoms with van der Waals surface area (Å²) in [7, 11) is 0. The minimum absolute atomic E-state index is 0.107. The van der Waals surface area contributed by atoms with Crippen molar-refractivity contribution in [3.63, 3.8) is 0 Å². The van der Waals surface area contributed by atoms with Gasteiger partial charge < -0.3 is 10.3 Å². The average Bonchev–Trinajstić information content (AvgIpc) is 2.43.